The monoisotopic (exact) mass is 482 g/mol. The lowest BCUT2D eigenvalue weighted by atomic mass is 9.90. The van der Waals surface area contributed by atoms with Gasteiger partial charge in [-0.2, -0.15) is 0 Å². The SMILES string of the molecule is O=C(Oc1ccc(OCCC2CO2)cc1)c1ccc(OCCCCOCC2CCC3OC3C2)cc1. The van der Waals surface area contributed by atoms with E-state index in [0.717, 1.165) is 57.0 Å². The van der Waals surface area contributed by atoms with Crippen molar-refractivity contribution in [2.45, 2.75) is 56.8 Å². The number of epoxide rings is 2. The van der Waals surface area contributed by atoms with Crippen LogP contribution in [0.5, 0.6) is 17.2 Å². The Morgan fingerprint density at radius 2 is 1.51 bits per heavy atom. The number of esters is 1. The average molecular weight is 483 g/mol. The molecule has 0 aromatic heterocycles. The minimum Gasteiger partial charge on any atom is -0.494 e. The molecule has 5 rings (SSSR count). The maximum Gasteiger partial charge on any atom is 0.343 e. The Kier molecular flexibility index (Phi) is 8.18. The van der Waals surface area contributed by atoms with Gasteiger partial charge in [-0.25, -0.2) is 4.79 Å². The minimum atomic E-state index is -0.407. The van der Waals surface area contributed by atoms with Gasteiger partial charge in [0.15, 0.2) is 0 Å². The molecule has 0 bridgehead atoms. The Hall–Kier alpha value is -2.61. The molecule has 188 valence electrons. The molecule has 3 aliphatic rings. The third kappa shape index (κ3) is 7.69. The van der Waals surface area contributed by atoms with Gasteiger partial charge in [0.25, 0.3) is 0 Å². The highest BCUT2D eigenvalue weighted by molar-refractivity contribution is 5.91. The first kappa shape index (κ1) is 24.1. The molecule has 2 aromatic carbocycles. The standard InChI is InChI=1S/C28H34O7/c29-28(34-24-10-8-23(9-11-24)32-16-13-25-19-33-25)21-4-6-22(7-5-21)31-15-2-1-14-30-18-20-3-12-26-27(17-20)35-26/h4-11,20,25-27H,1-3,12-19H2. The third-order valence-electron chi connectivity index (χ3n) is 6.65. The summed E-state index contributed by atoms with van der Waals surface area (Å²) in [5.74, 6) is 2.21. The topological polar surface area (TPSA) is 79.1 Å². The van der Waals surface area contributed by atoms with E-state index in [9.17, 15) is 4.79 Å². The van der Waals surface area contributed by atoms with Crippen LogP contribution in [0.15, 0.2) is 48.5 Å². The van der Waals surface area contributed by atoms with Crippen molar-refractivity contribution in [1.29, 1.82) is 0 Å². The van der Waals surface area contributed by atoms with Crippen molar-refractivity contribution in [1.82, 2.24) is 0 Å². The second kappa shape index (κ2) is 11.9. The summed E-state index contributed by atoms with van der Waals surface area (Å²) in [4.78, 5) is 12.4. The van der Waals surface area contributed by atoms with Crippen molar-refractivity contribution < 1.29 is 33.2 Å². The molecule has 1 aliphatic carbocycles. The number of carbonyl (C=O) groups excluding carboxylic acids is 1. The minimum absolute atomic E-state index is 0.351. The summed E-state index contributed by atoms with van der Waals surface area (Å²) in [6.45, 7) is 3.68. The summed E-state index contributed by atoms with van der Waals surface area (Å²) in [5.41, 5.74) is 0.473. The zero-order valence-electron chi connectivity index (χ0n) is 20.1. The van der Waals surface area contributed by atoms with Gasteiger partial charge in [0.05, 0.1) is 43.7 Å². The van der Waals surface area contributed by atoms with Crippen LogP contribution >= 0.6 is 0 Å². The predicted octanol–water partition coefficient (Wildman–Crippen LogP) is 4.82. The molecule has 0 amide bonds. The molecule has 3 fully saturated rings. The smallest absolute Gasteiger partial charge is 0.343 e. The van der Waals surface area contributed by atoms with E-state index in [1.807, 2.05) is 0 Å². The largest absolute Gasteiger partial charge is 0.494 e. The van der Waals surface area contributed by atoms with Crippen molar-refractivity contribution in [3.8, 4) is 17.2 Å². The number of benzene rings is 2. The van der Waals surface area contributed by atoms with Crippen LogP contribution in [0.25, 0.3) is 0 Å². The van der Waals surface area contributed by atoms with Crippen LogP contribution in [-0.4, -0.2) is 57.3 Å². The highest BCUT2D eigenvalue weighted by Gasteiger charge is 2.43. The maximum atomic E-state index is 12.4. The van der Waals surface area contributed by atoms with Gasteiger partial charge in [-0.15, -0.1) is 0 Å². The molecular weight excluding hydrogens is 448 g/mol. The Morgan fingerprint density at radius 3 is 2.26 bits per heavy atom. The molecule has 0 N–H and O–H groups in total. The Bertz CT molecular complexity index is 939. The molecule has 4 unspecified atom stereocenters. The van der Waals surface area contributed by atoms with Crippen molar-refractivity contribution in [3.63, 3.8) is 0 Å². The number of hydrogen-bond donors (Lipinski definition) is 0. The van der Waals surface area contributed by atoms with Gasteiger partial charge >= 0.3 is 5.97 Å². The van der Waals surface area contributed by atoms with Gasteiger partial charge in [-0.3, -0.25) is 0 Å². The van der Waals surface area contributed by atoms with Crippen LogP contribution in [0, 0.1) is 5.92 Å². The Morgan fingerprint density at radius 1 is 0.829 bits per heavy atom. The molecule has 2 aliphatic heterocycles. The van der Waals surface area contributed by atoms with E-state index >= 15 is 0 Å². The number of unbranched alkanes of at least 4 members (excludes halogenated alkanes) is 1. The molecule has 0 spiro atoms. The second-order valence-corrected chi connectivity index (χ2v) is 9.50. The lowest BCUT2D eigenvalue weighted by Crippen LogP contribution is -2.18. The fraction of sp³-hybridized carbons (Fsp3) is 0.536. The molecule has 4 atom stereocenters. The van der Waals surface area contributed by atoms with Crippen molar-refractivity contribution in [3.05, 3.63) is 54.1 Å². The second-order valence-electron chi connectivity index (χ2n) is 9.50. The summed E-state index contributed by atoms with van der Waals surface area (Å²) >= 11 is 0. The highest BCUT2D eigenvalue weighted by atomic mass is 16.6. The molecule has 35 heavy (non-hydrogen) atoms. The summed E-state index contributed by atoms with van der Waals surface area (Å²) in [6.07, 6.45) is 7.80. The van der Waals surface area contributed by atoms with Gasteiger partial charge in [0.1, 0.15) is 17.2 Å². The third-order valence-corrected chi connectivity index (χ3v) is 6.65. The van der Waals surface area contributed by atoms with Gasteiger partial charge in [0, 0.05) is 19.6 Å². The van der Waals surface area contributed by atoms with Crippen LogP contribution in [0.2, 0.25) is 0 Å². The first-order chi connectivity index (χ1) is 17.2. The van der Waals surface area contributed by atoms with Crippen molar-refractivity contribution >= 4 is 5.97 Å². The fourth-order valence-electron chi connectivity index (χ4n) is 4.38. The average Bonchev–Trinajstić information content (AvgIpc) is 3.80. The van der Waals surface area contributed by atoms with E-state index in [1.165, 1.54) is 12.8 Å². The molecule has 2 saturated heterocycles. The summed E-state index contributed by atoms with van der Waals surface area (Å²) in [6, 6.07) is 14.1. The van der Waals surface area contributed by atoms with Crippen LogP contribution in [0.4, 0.5) is 0 Å². The zero-order chi connectivity index (χ0) is 23.9. The summed E-state index contributed by atoms with van der Waals surface area (Å²) in [5, 5.41) is 0. The van der Waals surface area contributed by atoms with Crippen LogP contribution in [0.1, 0.15) is 48.9 Å². The molecular formula is C28H34O7. The Balaban J connectivity index is 0.940. The van der Waals surface area contributed by atoms with Gasteiger partial charge < -0.3 is 28.4 Å². The van der Waals surface area contributed by atoms with E-state index in [2.05, 4.69) is 0 Å². The molecule has 7 heteroatoms. The maximum absolute atomic E-state index is 12.4. The lowest BCUT2D eigenvalue weighted by molar-refractivity contribution is 0.0734. The van der Waals surface area contributed by atoms with E-state index < -0.39 is 5.97 Å². The summed E-state index contributed by atoms with van der Waals surface area (Å²) < 4.78 is 33.5. The quantitative estimate of drug-likeness (QED) is 0.165. The molecule has 0 radical (unpaired) electrons. The van der Waals surface area contributed by atoms with Gasteiger partial charge in [-0.05, 0) is 86.6 Å². The highest BCUT2D eigenvalue weighted by Crippen LogP contribution is 2.39. The van der Waals surface area contributed by atoms with Crippen LogP contribution < -0.4 is 14.2 Å². The lowest BCUT2D eigenvalue weighted by Gasteiger charge is -2.18. The van der Waals surface area contributed by atoms with E-state index in [4.69, 9.17) is 28.4 Å². The van der Waals surface area contributed by atoms with Gasteiger partial charge in [0.2, 0.25) is 0 Å². The zero-order valence-corrected chi connectivity index (χ0v) is 20.1. The normalized spacial score (nSPS) is 24.3. The number of carbonyl (C=O) groups is 1. The van der Waals surface area contributed by atoms with Crippen molar-refractivity contribution in [2.75, 3.05) is 33.0 Å². The fourth-order valence-corrected chi connectivity index (χ4v) is 4.38. The van der Waals surface area contributed by atoms with Crippen LogP contribution in [0.3, 0.4) is 0 Å². The molecule has 2 heterocycles. The number of ether oxygens (including phenoxy) is 6. The number of hydrogen-bond acceptors (Lipinski definition) is 7. The van der Waals surface area contributed by atoms with Crippen molar-refractivity contribution in [2.24, 2.45) is 5.92 Å². The molecule has 1 saturated carbocycles. The number of rotatable bonds is 14. The molecule has 2 aromatic rings. The predicted molar refractivity (Wildman–Crippen MR) is 129 cm³/mol. The van der Waals surface area contributed by atoms with E-state index in [1.54, 1.807) is 48.5 Å². The van der Waals surface area contributed by atoms with Crippen LogP contribution in [-0.2, 0) is 14.2 Å². The molecule has 7 nitrogen and oxygen atoms in total. The van der Waals surface area contributed by atoms with E-state index in [0.29, 0.717) is 48.8 Å². The Labute approximate surface area is 206 Å². The van der Waals surface area contributed by atoms with Gasteiger partial charge in [-0.1, -0.05) is 0 Å². The first-order valence-corrected chi connectivity index (χ1v) is 12.8. The summed E-state index contributed by atoms with van der Waals surface area (Å²) in [7, 11) is 0. The first-order valence-electron chi connectivity index (χ1n) is 12.8. The number of fused-ring (bicyclic) bond motifs is 1. The van der Waals surface area contributed by atoms with E-state index in [-0.39, 0.29) is 0 Å².